The summed E-state index contributed by atoms with van der Waals surface area (Å²) < 4.78 is 5.20. The number of hydrazone groups is 1. The first-order valence-electron chi connectivity index (χ1n) is 10.2. The lowest BCUT2D eigenvalue weighted by Gasteiger charge is -2.24. The number of amides is 2. The maximum atomic E-state index is 12.5. The smallest absolute Gasteiger partial charge is 0.355 e. The minimum atomic E-state index is -0.681. The van der Waals surface area contributed by atoms with Gasteiger partial charge in [0.05, 0.1) is 5.69 Å². The van der Waals surface area contributed by atoms with Crippen molar-refractivity contribution in [2.24, 2.45) is 5.10 Å². The van der Waals surface area contributed by atoms with Crippen molar-refractivity contribution in [3.63, 3.8) is 0 Å². The molecule has 7 heteroatoms. The van der Waals surface area contributed by atoms with Crippen molar-refractivity contribution in [3.8, 4) is 0 Å². The van der Waals surface area contributed by atoms with E-state index in [0.29, 0.717) is 12.2 Å². The molecule has 0 N–H and O–H groups in total. The molecule has 0 saturated heterocycles. The van der Waals surface area contributed by atoms with Gasteiger partial charge in [0.15, 0.2) is 6.61 Å². The van der Waals surface area contributed by atoms with Crippen LogP contribution in [0.25, 0.3) is 0 Å². The first kappa shape index (κ1) is 22.2. The molecule has 0 saturated carbocycles. The first-order valence-corrected chi connectivity index (χ1v) is 10.2. The van der Waals surface area contributed by atoms with Crippen LogP contribution in [0.3, 0.4) is 0 Å². The van der Waals surface area contributed by atoms with Crippen molar-refractivity contribution >= 4 is 29.2 Å². The fourth-order valence-electron chi connectivity index (χ4n) is 3.21. The predicted octanol–water partition coefficient (Wildman–Crippen LogP) is 3.30. The SMILES string of the molecule is Cc1ccc(CN(C)C(=O)COC(=O)C2=NN(c3cc(C)ccc3C)C(=O)CC2)cc1. The Morgan fingerprint density at radius 3 is 2.42 bits per heavy atom. The van der Waals surface area contributed by atoms with Gasteiger partial charge < -0.3 is 9.64 Å². The van der Waals surface area contributed by atoms with Crippen LogP contribution in [0.1, 0.15) is 35.1 Å². The zero-order valence-corrected chi connectivity index (χ0v) is 18.3. The number of aryl methyl sites for hydroxylation is 3. The Kier molecular flexibility index (Phi) is 6.84. The van der Waals surface area contributed by atoms with Crippen molar-refractivity contribution < 1.29 is 19.1 Å². The second-order valence-electron chi connectivity index (χ2n) is 7.85. The number of carbonyl (C=O) groups excluding carboxylic acids is 3. The third kappa shape index (κ3) is 5.57. The molecule has 0 radical (unpaired) electrons. The quantitative estimate of drug-likeness (QED) is 0.671. The molecule has 2 aromatic rings. The summed E-state index contributed by atoms with van der Waals surface area (Å²) in [6.45, 7) is 5.85. The van der Waals surface area contributed by atoms with E-state index in [1.165, 1.54) is 9.91 Å². The number of likely N-dealkylation sites (N-methyl/N-ethyl adjacent to an activating group) is 1. The summed E-state index contributed by atoms with van der Waals surface area (Å²) >= 11 is 0. The van der Waals surface area contributed by atoms with E-state index in [2.05, 4.69) is 5.10 Å². The standard InChI is InChI=1S/C24H27N3O4/c1-16-6-9-19(10-7-16)14-26(4)23(29)15-31-24(30)20-11-12-22(28)27(25-20)21-13-17(2)5-8-18(21)3/h5-10,13H,11-12,14-15H2,1-4H3. The van der Waals surface area contributed by atoms with Crippen molar-refractivity contribution in [1.29, 1.82) is 0 Å². The lowest BCUT2D eigenvalue weighted by Crippen LogP contribution is -2.37. The fourth-order valence-corrected chi connectivity index (χ4v) is 3.21. The Morgan fingerprint density at radius 2 is 1.71 bits per heavy atom. The number of hydrogen-bond donors (Lipinski definition) is 0. The minimum Gasteiger partial charge on any atom is -0.451 e. The summed E-state index contributed by atoms with van der Waals surface area (Å²) in [5.74, 6) is -1.17. The second-order valence-corrected chi connectivity index (χ2v) is 7.85. The zero-order valence-electron chi connectivity index (χ0n) is 18.3. The van der Waals surface area contributed by atoms with Gasteiger partial charge in [-0.25, -0.2) is 4.79 Å². The molecule has 1 heterocycles. The lowest BCUT2D eigenvalue weighted by molar-refractivity contribution is -0.146. The molecule has 0 aromatic heterocycles. The van der Waals surface area contributed by atoms with E-state index in [1.807, 2.05) is 63.2 Å². The van der Waals surface area contributed by atoms with Crippen LogP contribution < -0.4 is 5.01 Å². The largest absolute Gasteiger partial charge is 0.451 e. The molecule has 3 rings (SSSR count). The van der Waals surface area contributed by atoms with E-state index >= 15 is 0 Å². The summed E-state index contributed by atoms with van der Waals surface area (Å²) in [5, 5.41) is 5.49. The maximum Gasteiger partial charge on any atom is 0.355 e. The topological polar surface area (TPSA) is 79.3 Å². The molecule has 0 spiro atoms. The van der Waals surface area contributed by atoms with Crippen LogP contribution in [0, 0.1) is 20.8 Å². The normalized spacial score (nSPS) is 13.6. The van der Waals surface area contributed by atoms with Gasteiger partial charge in [0.2, 0.25) is 5.91 Å². The lowest BCUT2D eigenvalue weighted by atomic mass is 10.1. The van der Waals surface area contributed by atoms with Crippen LogP contribution >= 0.6 is 0 Å². The predicted molar refractivity (Wildman–Crippen MR) is 119 cm³/mol. The molecule has 0 fully saturated rings. The van der Waals surface area contributed by atoms with Gasteiger partial charge in [-0.2, -0.15) is 10.1 Å². The molecule has 0 atom stereocenters. The molecule has 0 bridgehead atoms. The van der Waals surface area contributed by atoms with Gasteiger partial charge in [-0.15, -0.1) is 0 Å². The van der Waals surface area contributed by atoms with Crippen molar-refractivity contribution in [2.75, 3.05) is 18.7 Å². The number of nitrogens with zero attached hydrogens (tertiary/aromatic N) is 3. The fraction of sp³-hybridized carbons (Fsp3) is 0.333. The Labute approximate surface area is 182 Å². The summed E-state index contributed by atoms with van der Waals surface area (Å²) in [6.07, 6.45) is 0.342. The highest BCUT2D eigenvalue weighted by Gasteiger charge is 2.28. The summed E-state index contributed by atoms with van der Waals surface area (Å²) in [6, 6.07) is 13.6. The molecule has 0 aliphatic carbocycles. The van der Waals surface area contributed by atoms with Crippen LogP contribution in [0.2, 0.25) is 0 Å². The number of benzene rings is 2. The van der Waals surface area contributed by atoms with Crippen LogP contribution in [0.5, 0.6) is 0 Å². The first-order chi connectivity index (χ1) is 14.7. The van der Waals surface area contributed by atoms with Crippen LogP contribution in [0.4, 0.5) is 5.69 Å². The summed E-state index contributed by atoms with van der Waals surface area (Å²) in [7, 11) is 1.66. The van der Waals surface area contributed by atoms with Crippen molar-refractivity contribution in [1.82, 2.24) is 4.90 Å². The highest BCUT2D eigenvalue weighted by atomic mass is 16.5. The molecule has 0 unspecified atom stereocenters. The van der Waals surface area contributed by atoms with E-state index in [1.54, 1.807) is 7.05 Å². The van der Waals surface area contributed by atoms with Gasteiger partial charge in [-0.3, -0.25) is 9.59 Å². The van der Waals surface area contributed by atoms with E-state index in [4.69, 9.17) is 4.74 Å². The highest BCUT2D eigenvalue weighted by Crippen LogP contribution is 2.25. The van der Waals surface area contributed by atoms with Gasteiger partial charge >= 0.3 is 5.97 Å². The molecule has 7 nitrogen and oxygen atoms in total. The average Bonchev–Trinajstić information content (AvgIpc) is 2.75. The van der Waals surface area contributed by atoms with Gasteiger partial charge in [0.1, 0.15) is 5.71 Å². The van der Waals surface area contributed by atoms with Crippen LogP contribution in [-0.2, 0) is 25.7 Å². The Morgan fingerprint density at radius 1 is 1.03 bits per heavy atom. The summed E-state index contributed by atoms with van der Waals surface area (Å²) in [5.41, 5.74) is 4.78. The van der Waals surface area contributed by atoms with Gasteiger partial charge in [-0.1, -0.05) is 42.0 Å². The second kappa shape index (κ2) is 9.55. The molecule has 2 aromatic carbocycles. The minimum absolute atomic E-state index is 0.134. The zero-order chi connectivity index (χ0) is 22.5. The van der Waals surface area contributed by atoms with Crippen LogP contribution in [0.15, 0.2) is 47.6 Å². The summed E-state index contributed by atoms with van der Waals surface area (Å²) in [4.78, 5) is 38.7. The van der Waals surface area contributed by atoms with Crippen molar-refractivity contribution in [3.05, 3.63) is 64.7 Å². The number of ether oxygens (including phenoxy) is 1. The third-order valence-corrected chi connectivity index (χ3v) is 5.15. The number of esters is 1. The van der Waals surface area contributed by atoms with E-state index < -0.39 is 5.97 Å². The molecular weight excluding hydrogens is 394 g/mol. The molecule has 31 heavy (non-hydrogen) atoms. The van der Waals surface area contributed by atoms with E-state index in [-0.39, 0.29) is 37.0 Å². The molecule has 2 amide bonds. The van der Waals surface area contributed by atoms with Gasteiger partial charge in [0.25, 0.3) is 5.91 Å². The Bertz CT molecular complexity index is 1030. The molecule has 1 aliphatic rings. The number of hydrogen-bond acceptors (Lipinski definition) is 5. The number of rotatable bonds is 6. The van der Waals surface area contributed by atoms with E-state index in [9.17, 15) is 14.4 Å². The van der Waals surface area contributed by atoms with E-state index in [0.717, 1.165) is 22.3 Å². The molecule has 1 aliphatic heterocycles. The third-order valence-electron chi connectivity index (χ3n) is 5.15. The van der Waals surface area contributed by atoms with Crippen LogP contribution in [-0.4, -0.2) is 42.0 Å². The monoisotopic (exact) mass is 421 g/mol. The maximum absolute atomic E-state index is 12.5. The van der Waals surface area contributed by atoms with Gasteiger partial charge in [-0.05, 0) is 43.5 Å². The highest BCUT2D eigenvalue weighted by molar-refractivity contribution is 6.38. The molecular formula is C24H27N3O4. The average molecular weight is 421 g/mol. The molecule has 162 valence electrons. The Balaban J connectivity index is 1.62. The van der Waals surface area contributed by atoms with Gasteiger partial charge in [0, 0.05) is 26.4 Å². The van der Waals surface area contributed by atoms with Crippen molar-refractivity contribution in [2.45, 2.75) is 40.2 Å². The number of carbonyl (C=O) groups is 3. The number of anilines is 1. The Hall–Kier alpha value is -3.48.